The van der Waals surface area contributed by atoms with Crippen LogP contribution in [-0.2, 0) is 4.79 Å². The number of allylic oxidation sites excluding steroid dienone is 1. The molecule has 7 heteroatoms. The van der Waals surface area contributed by atoms with E-state index in [9.17, 15) is 4.79 Å². The Morgan fingerprint density at radius 1 is 1.40 bits per heavy atom. The van der Waals surface area contributed by atoms with Gasteiger partial charge in [0, 0.05) is 48.5 Å². The summed E-state index contributed by atoms with van der Waals surface area (Å²) < 4.78 is 8.65. The molecule has 1 saturated carbocycles. The lowest BCUT2D eigenvalue weighted by Crippen LogP contribution is -2.31. The third-order valence-corrected chi connectivity index (χ3v) is 5.71. The van der Waals surface area contributed by atoms with E-state index in [1.54, 1.807) is 0 Å². The minimum atomic E-state index is -0.106. The van der Waals surface area contributed by atoms with Gasteiger partial charge in [0.1, 0.15) is 17.4 Å². The molecule has 2 heterocycles. The summed E-state index contributed by atoms with van der Waals surface area (Å²) in [4.78, 5) is 16.3. The van der Waals surface area contributed by atoms with Gasteiger partial charge in [-0.3, -0.25) is 4.79 Å². The first-order chi connectivity index (χ1) is 14.2. The van der Waals surface area contributed by atoms with Gasteiger partial charge in [-0.25, -0.2) is 4.98 Å². The molecule has 4 rings (SSSR count). The van der Waals surface area contributed by atoms with E-state index in [0.717, 1.165) is 40.8 Å². The van der Waals surface area contributed by atoms with E-state index >= 15 is 0 Å². The minimum Gasteiger partial charge on any atom is -0.488 e. The molecule has 1 amide bonds. The molecule has 2 aromatic rings. The van der Waals surface area contributed by atoms with Crippen molar-refractivity contribution in [2.75, 3.05) is 6.54 Å². The maximum Gasteiger partial charge on any atom is 0.220 e. The molecular formula is C23H31N5O2. The van der Waals surface area contributed by atoms with Crippen molar-refractivity contribution in [1.82, 2.24) is 20.2 Å². The second-order valence-corrected chi connectivity index (χ2v) is 9.45. The smallest absolute Gasteiger partial charge is 0.220 e. The summed E-state index contributed by atoms with van der Waals surface area (Å²) >= 11 is 0. The number of imidazole rings is 1. The maximum atomic E-state index is 11.6. The molecule has 1 aliphatic carbocycles. The zero-order chi connectivity index (χ0) is 21.5. The quantitative estimate of drug-likeness (QED) is 0.609. The van der Waals surface area contributed by atoms with Gasteiger partial charge in [-0.15, -0.1) is 0 Å². The van der Waals surface area contributed by atoms with Gasteiger partial charge in [0.15, 0.2) is 0 Å². The highest BCUT2D eigenvalue weighted by Crippen LogP contribution is 2.41. The van der Waals surface area contributed by atoms with Crippen LogP contribution in [0.25, 0.3) is 16.6 Å². The number of benzene rings is 1. The van der Waals surface area contributed by atoms with Crippen LogP contribution in [0.15, 0.2) is 24.7 Å². The second-order valence-electron chi connectivity index (χ2n) is 9.45. The summed E-state index contributed by atoms with van der Waals surface area (Å²) in [6.07, 6.45) is 7.82. The molecule has 7 nitrogen and oxygen atoms in total. The Morgan fingerprint density at radius 3 is 2.77 bits per heavy atom. The second kappa shape index (κ2) is 7.78. The van der Waals surface area contributed by atoms with Crippen LogP contribution in [0.5, 0.6) is 5.75 Å². The number of fused-ring (bicyclic) bond motifs is 1. The summed E-state index contributed by atoms with van der Waals surface area (Å²) in [7, 11) is 0. The zero-order valence-corrected chi connectivity index (χ0v) is 18.2. The van der Waals surface area contributed by atoms with E-state index in [4.69, 9.17) is 10.1 Å². The highest BCUT2D eigenvalue weighted by molar-refractivity contribution is 6.09. The number of hydrogen-bond donors (Lipinski definition) is 3. The number of nitrogens with zero attached hydrogens (tertiary/aromatic N) is 2. The van der Waals surface area contributed by atoms with Gasteiger partial charge in [-0.1, -0.05) is 0 Å². The summed E-state index contributed by atoms with van der Waals surface area (Å²) in [5.74, 6) is 0.996. The fourth-order valence-corrected chi connectivity index (χ4v) is 3.78. The van der Waals surface area contributed by atoms with Crippen molar-refractivity contribution >= 4 is 28.7 Å². The van der Waals surface area contributed by atoms with E-state index in [1.807, 2.05) is 31.6 Å². The third-order valence-electron chi connectivity index (χ3n) is 5.71. The van der Waals surface area contributed by atoms with Gasteiger partial charge in [-0.05, 0) is 58.2 Å². The first kappa shape index (κ1) is 20.4. The topological polar surface area (TPSA) is 92.0 Å². The summed E-state index contributed by atoms with van der Waals surface area (Å²) in [5, 5.41) is 14.2. The lowest BCUT2D eigenvalue weighted by Gasteiger charge is -2.22. The molecule has 1 saturated heterocycles. The van der Waals surface area contributed by atoms with Crippen LogP contribution in [0.1, 0.15) is 58.6 Å². The van der Waals surface area contributed by atoms with Crippen LogP contribution in [0, 0.1) is 11.3 Å². The lowest BCUT2D eigenvalue weighted by atomic mass is 10.0. The first-order valence-corrected chi connectivity index (χ1v) is 10.7. The van der Waals surface area contributed by atoms with Gasteiger partial charge in [0.05, 0.1) is 11.8 Å². The van der Waals surface area contributed by atoms with E-state index in [1.165, 1.54) is 6.21 Å². The highest BCUT2D eigenvalue weighted by Gasteiger charge is 2.30. The van der Waals surface area contributed by atoms with Crippen LogP contribution in [0.2, 0.25) is 0 Å². The highest BCUT2D eigenvalue weighted by atomic mass is 16.5. The van der Waals surface area contributed by atoms with Crippen LogP contribution >= 0.6 is 0 Å². The molecule has 0 unspecified atom stereocenters. The van der Waals surface area contributed by atoms with Gasteiger partial charge >= 0.3 is 0 Å². The molecule has 1 aromatic carbocycles. The number of ether oxygens (including phenoxy) is 1. The maximum absolute atomic E-state index is 11.6. The van der Waals surface area contributed by atoms with Gasteiger partial charge in [0.2, 0.25) is 5.91 Å². The first-order valence-electron chi connectivity index (χ1n) is 10.7. The number of amides is 1. The van der Waals surface area contributed by atoms with E-state index in [0.29, 0.717) is 19.0 Å². The van der Waals surface area contributed by atoms with Crippen molar-refractivity contribution in [3.05, 3.63) is 30.2 Å². The summed E-state index contributed by atoms with van der Waals surface area (Å²) in [6, 6.07) is 4.51. The Kier molecular flexibility index (Phi) is 5.30. The predicted octanol–water partition coefficient (Wildman–Crippen LogP) is 3.65. The molecule has 1 aliphatic heterocycles. The molecule has 160 valence electrons. The largest absolute Gasteiger partial charge is 0.488 e. The third kappa shape index (κ3) is 4.35. The lowest BCUT2D eigenvalue weighted by molar-refractivity contribution is -0.119. The fraction of sp³-hybridized carbons (Fsp3) is 0.522. The van der Waals surface area contributed by atoms with Gasteiger partial charge in [0.25, 0.3) is 0 Å². The normalized spacial score (nSPS) is 20.9. The minimum absolute atomic E-state index is 0.0830. The average Bonchev–Trinajstić information content (AvgIpc) is 3.28. The van der Waals surface area contributed by atoms with Gasteiger partial charge in [-0.2, -0.15) is 0 Å². The van der Waals surface area contributed by atoms with Crippen LogP contribution < -0.4 is 15.4 Å². The van der Waals surface area contributed by atoms with Crippen LogP contribution in [-0.4, -0.2) is 39.9 Å². The summed E-state index contributed by atoms with van der Waals surface area (Å²) in [6.45, 7) is 8.91. The molecular weight excluding hydrogens is 378 g/mol. The number of rotatable bonds is 7. The zero-order valence-electron chi connectivity index (χ0n) is 18.2. The molecule has 0 bridgehead atoms. The van der Waals surface area contributed by atoms with Gasteiger partial charge < -0.3 is 25.3 Å². The predicted molar refractivity (Wildman–Crippen MR) is 119 cm³/mol. The van der Waals surface area contributed by atoms with Crippen molar-refractivity contribution in [3.63, 3.8) is 0 Å². The molecule has 0 radical (unpaired) electrons. The number of carbonyl (C=O) groups is 1. The van der Waals surface area contributed by atoms with Crippen molar-refractivity contribution in [2.45, 2.75) is 64.6 Å². The monoisotopic (exact) mass is 409 g/mol. The molecule has 30 heavy (non-hydrogen) atoms. The Morgan fingerprint density at radius 2 is 2.17 bits per heavy atom. The fourth-order valence-electron chi connectivity index (χ4n) is 3.78. The molecule has 2 aliphatic rings. The van der Waals surface area contributed by atoms with E-state index < -0.39 is 0 Å². The van der Waals surface area contributed by atoms with Crippen molar-refractivity contribution in [3.8, 4) is 5.75 Å². The van der Waals surface area contributed by atoms with Crippen molar-refractivity contribution < 1.29 is 9.53 Å². The Labute approximate surface area is 177 Å². The van der Waals surface area contributed by atoms with Crippen LogP contribution in [0.3, 0.4) is 0 Å². The molecule has 2 atom stereocenters. The summed E-state index contributed by atoms with van der Waals surface area (Å²) in [5.41, 5.74) is 3.42. The van der Waals surface area contributed by atoms with Crippen molar-refractivity contribution in [2.24, 2.45) is 5.92 Å². The number of nitrogens with one attached hydrogen (secondary N) is 3. The number of hydrogen-bond acceptors (Lipinski definition) is 5. The molecule has 0 spiro atoms. The average molecular weight is 410 g/mol. The number of carbonyl (C=O) groups excluding carboxylic acids is 1. The van der Waals surface area contributed by atoms with Crippen molar-refractivity contribution in [1.29, 1.82) is 5.41 Å². The Hall–Kier alpha value is -2.83. The van der Waals surface area contributed by atoms with Crippen LogP contribution in [0.4, 0.5) is 0 Å². The molecule has 3 N–H and O–H groups in total. The standard InChI is InChI=1S/C23H31N5O2/c1-14(16-9-21(29)25-11-16)30-20-8-15(17(10-24)12-27-23(2,3)4)7-19-22(20)28(13-26-19)18-5-6-18/h7-8,10,12-14,16,18,24,27H,5-6,9,11H2,1-4H3,(H,25,29)/b17-12+,24-10?/t14-,16-/m1/s1. The molecule has 2 fully saturated rings. The SMILES string of the molecule is C[C@@H](Oc1cc(/C(C=N)=C/NC(C)(C)C)cc2ncn(C3CC3)c12)[C@H]1CNC(=O)C1. The Balaban J connectivity index is 1.72. The molecule has 1 aromatic heterocycles. The van der Waals surface area contributed by atoms with E-state index in [-0.39, 0.29) is 23.5 Å². The van der Waals surface area contributed by atoms with E-state index in [2.05, 4.69) is 41.0 Å². The number of aromatic nitrogens is 2. The Bertz CT molecular complexity index is 997.